The fourth-order valence-electron chi connectivity index (χ4n) is 2.94. The fraction of sp³-hybridized carbons (Fsp3) is 0.579. The van der Waals surface area contributed by atoms with Crippen molar-refractivity contribution in [2.75, 3.05) is 40.4 Å². The van der Waals surface area contributed by atoms with Crippen LogP contribution >= 0.6 is 0 Å². The number of urea groups is 1. The number of methoxy groups -OCH3 is 2. The lowest BCUT2D eigenvalue weighted by Crippen LogP contribution is -2.49. The molecule has 0 aromatic heterocycles. The molecule has 1 fully saturated rings. The number of hydrogen-bond donors (Lipinski definition) is 1. The lowest BCUT2D eigenvalue weighted by molar-refractivity contribution is 0.0755. The Kier molecular flexibility index (Phi) is 6.34. The van der Waals surface area contributed by atoms with E-state index in [1.54, 1.807) is 28.0 Å². The van der Waals surface area contributed by atoms with Gasteiger partial charge >= 0.3 is 6.03 Å². The molecule has 0 unspecified atom stereocenters. The van der Waals surface area contributed by atoms with Crippen molar-refractivity contribution in [3.63, 3.8) is 0 Å². The van der Waals surface area contributed by atoms with Gasteiger partial charge in [0.2, 0.25) is 0 Å². The van der Waals surface area contributed by atoms with Crippen LogP contribution in [0.4, 0.5) is 4.79 Å². The maximum absolute atomic E-state index is 13.1. The first-order valence-electron chi connectivity index (χ1n) is 8.84. The zero-order valence-electron chi connectivity index (χ0n) is 16.3. The van der Waals surface area contributed by atoms with Crippen LogP contribution in [0.25, 0.3) is 0 Å². The summed E-state index contributed by atoms with van der Waals surface area (Å²) >= 11 is 0. The summed E-state index contributed by atoms with van der Waals surface area (Å²) in [7, 11) is 3.07. The molecule has 7 nitrogen and oxygen atoms in total. The molecule has 144 valence electrons. The Balaban J connectivity index is 2.12. The molecule has 7 heteroatoms. The Bertz CT molecular complexity index is 632. The molecule has 0 bridgehead atoms. The molecule has 0 radical (unpaired) electrons. The minimum Gasteiger partial charge on any atom is -0.496 e. The van der Waals surface area contributed by atoms with Crippen molar-refractivity contribution in [3.8, 4) is 11.5 Å². The summed E-state index contributed by atoms with van der Waals surface area (Å²) in [4.78, 5) is 29.0. The van der Waals surface area contributed by atoms with Gasteiger partial charge in [0.25, 0.3) is 5.91 Å². The number of nitrogens with one attached hydrogen (secondary N) is 1. The summed E-state index contributed by atoms with van der Waals surface area (Å²) in [6.07, 6.45) is 0.723. The Morgan fingerprint density at radius 1 is 0.962 bits per heavy atom. The number of benzene rings is 1. The van der Waals surface area contributed by atoms with Gasteiger partial charge in [-0.15, -0.1) is 0 Å². The predicted octanol–water partition coefficient (Wildman–Crippen LogP) is 2.36. The van der Waals surface area contributed by atoms with Gasteiger partial charge in [0.15, 0.2) is 0 Å². The molecule has 1 saturated heterocycles. The molecule has 3 amide bonds. The minimum absolute atomic E-state index is 0.0957. The molecule has 1 aliphatic rings. The van der Waals surface area contributed by atoms with Crippen molar-refractivity contribution >= 4 is 11.9 Å². The fourth-order valence-corrected chi connectivity index (χ4v) is 2.94. The number of carbonyl (C=O) groups is 2. The van der Waals surface area contributed by atoms with Crippen LogP contribution in [0.3, 0.4) is 0 Å². The first-order valence-corrected chi connectivity index (χ1v) is 8.84. The first-order chi connectivity index (χ1) is 12.3. The highest BCUT2D eigenvalue weighted by atomic mass is 16.5. The third-order valence-corrected chi connectivity index (χ3v) is 4.19. The number of carbonyl (C=O) groups excluding carboxylic acids is 2. The first kappa shape index (κ1) is 19.9. The van der Waals surface area contributed by atoms with Crippen molar-refractivity contribution in [3.05, 3.63) is 23.8 Å². The van der Waals surface area contributed by atoms with Crippen LogP contribution in [0.15, 0.2) is 18.2 Å². The van der Waals surface area contributed by atoms with E-state index in [0.717, 1.165) is 6.42 Å². The molecule has 1 N–H and O–H groups in total. The second-order valence-electron chi connectivity index (χ2n) is 7.35. The minimum atomic E-state index is -0.288. The SMILES string of the molecule is COc1cccc(OC)c1C(=O)N1CCCN(C(=O)NC(C)(C)C)CC1. The second kappa shape index (κ2) is 8.29. The van der Waals surface area contributed by atoms with Gasteiger partial charge in [0.1, 0.15) is 17.1 Å². The quantitative estimate of drug-likeness (QED) is 0.895. The van der Waals surface area contributed by atoms with Crippen molar-refractivity contribution in [2.24, 2.45) is 0 Å². The van der Waals surface area contributed by atoms with E-state index in [1.165, 1.54) is 14.2 Å². The highest BCUT2D eigenvalue weighted by Crippen LogP contribution is 2.29. The highest BCUT2D eigenvalue weighted by Gasteiger charge is 2.28. The van der Waals surface area contributed by atoms with Crippen LogP contribution in [-0.4, -0.2) is 67.7 Å². The van der Waals surface area contributed by atoms with E-state index in [9.17, 15) is 9.59 Å². The Hall–Kier alpha value is -2.44. The molecule has 0 atom stereocenters. The van der Waals surface area contributed by atoms with E-state index < -0.39 is 0 Å². The number of nitrogens with zero attached hydrogens (tertiary/aromatic N) is 2. The van der Waals surface area contributed by atoms with Crippen LogP contribution in [0, 0.1) is 0 Å². The van der Waals surface area contributed by atoms with E-state index in [2.05, 4.69) is 5.32 Å². The predicted molar refractivity (Wildman–Crippen MR) is 99.9 cm³/mol. The molecule has 2 rings (SSSR count). The zero-order chi connectivity index (χ0) is 19.3. The molecule has 26 heavy (non-hydrogen) atoms. The van der Waals surface area contributed by atoms with E-state index in [4.69, 9.17) is 9.47 Å². The number of rotatable bonds is 3. The van der Waals surface area contributed by atoms with E-state index >= 15 is 0 Å². The van der Waals surface area contributed by atoms with Crippen molar-refractivity contribution in [1.29, 1.82) is 0 Å². The summed E-state index contributed by atoms with van der Waals surface area (Å²) in [6, 6.07) is 5.18. The van der Waals surface area contributed by atoms with Crippen LogP contribution in [0.5, 0.6) is 11.5 Å². The largest absolute Gasteiger partial charge is 0.496 e. The number of amides is 3. The van der Waals surface area contributed by atoms with Gasteiger partial charge in [0, 0.05) is 31.7 Å². The molecule has 1 aliphatic heterocycles. The lowest BCUT2D eigenvalue weighted by atomic mass is 10.1. The molecule has 1 aromatic rings. The maximum Gasteiger partial charge on any atom is 0.317 e. The third kappa shape index (κ3) is 4.80. The van der Waals surface area contributed by atoms with Crippen molar-refractivity contribution < 1.29 is 19.1 Å². The molecular weight excluding hydrogens is 334 g/mol. The van der Waals surface area contributed by atoms with Gasteiger partial charge in [-0.3, -0.25) is 4.79 Å². The van der Waals surface area contributed by atoms with Crippen molar-refractivity contribution in [1.82, 2.24) is 15.1 Å². The Morgan fingerprint density at radius 2 is 1.50 bits per heavy atom. The molecule has 1 heterocycles. The van der Waals surface area contributed by atoms with E-state index in [1.807, 2.05) is 20.8 Å². The zero-order valence-corrected chi connectivity index (χ0v) is 16.3. The molecule has 0 spiro atoms. The topological polar surface area (TPSA) is 71.1 Å². The van der Waals surface area contributed by atoms with Crippen molar-refractivity contribution in [2.45, 2.75) is 32.7 Å². The molecule has 0 saturated carbocycles. The summed E-state index contributed by atoms with van der Waals surface area (Å²) in [5.41, 5.74) is 0.133. The van der Waals surface area contributed by atoms with Crippen LogP contribution in [-0.2, 0) is 0 Å². The third-order valence-electron chi connectivity index (χ3n) is 4.19. The van der Waals surface area contributed by atoms with Crippen LogP contribution < -0.4 is 14.8 Å². The summed E-state index contributed by atoms with van der Waals surface area (Å²) in [5.74, 6) is 0.833. The van der Waals surface area contributed by atoms with E-state index in [0.29, 0.717) is 43.2 Å². The van der Waals surface area contributed by atoms with Gasteiger partial charge in [-0.2, -0.15) is 0 Å². The van der Waals surface area contributed by atoms with E-state index in [-0.39, 0.29) is 17.5 Å². The maximum atomic E-state index is 13.1. The van der Waals surface area contributed by atoms with Crippen LogP contribution in [0.2, 0.25) is 0 Å². The van der Waals surface area contributed by atoms with Gasteiger partial charge in [-0.25, -0.2) is 4.79 Å². The Labute approximate surface area is 155 Å². The monoisotopic (exact) mass is 363 g/mol. The molecule has 1 aromatic carbocycles. The smallest absolute Gasteiger partial charge is 0.317 e. The molecule has 0 aliphatic carbocycles. The van der Waals surface area contributed by atoms with Gasteiger partial charge in [-0.05, 0) is 39.3 Å². The normalized spacial score (nSPS) is 15.3. The standard InChI is InChI=1S/C19H29N3O4/c1-19(2,3)20-18(24)22-11-7-10-21(12-13-22)17(23)16-14(25-4)8-6-9-15(16)26-5/h6,8-9H,7,10-13H2,1-5H3,(H,20,24). The average molecular weight is 363 g/mol. The van der Waals surface area contributed by atoms with Gasteiger partial charge < -0.3 is 24.6 Å². The van der Waals surface area contributed by atoms with Gasteiger partial charge in [0.05, 0.1) is 14.2 Å². The molecular formula is C19H29N3O4. The van der Waals surface area contributed by atoms with Crippen LogP contribution in [0.1, 0.15) is 37.6 Å². The van der Waals surface area contributed by atoms with Gasteiger partial charge in [-0.1, -0.05) is 6.07 Å². The average Bonchev–Trinajstić information content (AvgIpc) is 2.85. The number of ether oxygens (including phenoxy) is 2. The summed E-state index contributed by atoms with van der Waals surface area (Å²) in [6.45, 7) is 8.02. The Morgan fingerprint density at radius 3 is 2.04 bits per heavy atom. The summed E-state index contributed by atoms with van der Waals surface area (Å²) < 4.78 is 10.7. The summed E-state index contributed by atoms with van der Waals surface area (Å²) in [5, 5.41) is 2.97. The lowest BCUT2D eigenvalue weighted by Gasteiger charge is -2.27. The second-order valence-corrected chi connectivity index (χ2v) is 7.35. The number of hydrogen-bond acceptors (Lipinski definition) is 4. The highest BCUT2D eigenvalue weighted by molar-refractivity contribution is 5.99.